The van der Waals surface area contributed by atoms with Gasteiger partial charge >= 0.3 is 5.97 Å². The number of methoxy groups -OCH3 is 1. The third-order valence-electron chi connectivity index (χ3n) is 2.46. The Bertz CT molecular complexity index is 363. The fourth-order valence-corrected chi connectivity index (χ4v) is 1.58. The number of ether oxygens (including phenoxy) is 1. The Labute approximate surface area is 95.0 Å². The van der Waals surface area contributed by atoms with E-state index in [9.17, 15) is 4.79 Å². The van der Waals surface area contributed by atoms with E-state index in [4.69, 9.17) is 15.6 Å². The summed E-state index contributed by atoms with van der Waals surface area (Å²) in [4.78, 5) is 10.3. The summed E-state index contributed by atoms with van der Waals surface area (Å²) < 4.78 is 5.11. The van der Waals surface area contributed by atoms with Crippen molar-refractivity contribution in [2.45, 2.75) is 25.7 Å². The van der Waals surface area contributed by atoms with E-state index in [0.29, 0.717) is 17.9 Å². The molecular weight excluding hydrogens is 206 g/mol. The van der Waals surface area contributed by atoms with E-state index in [-0.39, 0.29) is 6.42 Å². The highest BCUT2D eigenvalue weighted by Crippen LogP contribution is 2.25. The van der Waals surface area contributed by atoms with Crippen LogP contribution in [0, 0.1) is 0 Å². The van der Waals surface area contributed by atoms with Gasteiger partial charge in [0.15, 0.2) is 0 Å². The third kappa shape index (κ3) is 3.46. The molecule has 1 rings (SSSR count). The predicted molar refractivity (Wildman–Crippen MR) is 62.6 cm³/mol. The van der Waals surface area contributed by atoms with Crippen LogP contribution in [0.5, 0.6) is 5.75 Å². The first kappa shape index (κ1) is 12.4. The minimum atomic E-state index is -0.751. The monoisotopic (exact) mass is 223 g/mol. The minimum absolute atomic E-state index is 0.212. The normalized spacial score (nSPS) is 10.1. The summed E-state index contributed by atoms with van der Waals surface area (Å²) in [6.45, 7) is 0. The Morgan fingerprint density at radius 3 is 2.81 bits per heavy atom. The van der Waals surface area contributed by atoms with E-state index < -0.39 is 5.97 Å². The van der Waals surface area contributed by atoms with Gasteiger partial charge in [-0.2, -0.15) is 0 Å². The molecule has 88 valence electrons. The van der Waals surface area contributed by atoms with Gasteiger partial charge in [0, 0.05) is 6.42 Å². The number of carboxylic acid groups (broad SMARTS) is 1. The number of unbranched alkanes of at least 4 members (excludes halogenated alkanes) is 1. The summed E-state index contributed by atoms with van der Waals surface area (Å²) in [5.41, 5.74) is 7.57. The largest absolute Gasteiger partial charge is 0.495 e. The molecule has 16 heavy (non-hydrogen) atoms. The Kier molecular flexibility index (Phi) is 4.64. The van der Waals surface area contributed by atoms with E-state index in [2.05, 4.69) is 0 Å². The van der Waals surface area contributed by atoms with Gasteiger partial charge in [0.25, 0.3) is 0 Å². The van der Waals surface area contributed by atoms with E-state index in [1.807, 2.05) is 18.2 Å². The van der Waals surface area contributed by atoms with Crippen molar-refractivity contribution in [2.75, 3.05) is 12.8 Å². The molecule has 0 amide bonds. The van der Waals surface area contributed by atoms with Crippen molar-refractivity contribution in [3.05, 3.63) is 23.8 Å². The standard InChI is InChI=1S/C12H17NO3/c1-16-10-7-4-6-9(12(10)13)5-2-3-8-11(14)15/h4,6-7H,2-3,5,8,13H2,1H3,(H,14,15). The lowest BCUT2D eigenvalue weighted by Gasteiger charge is -2.09. The first-order valence-electron chi connectivity index (χ1n) is 5.28. The molecule has 0 aliphatic rings. The maximum atomic E-state index is 10.3. The first-order valence-corrected chi connectivity index (χ1v) is 5.28. The second kappa shape index (κ2) is 6.00. The van der Waals surface area contributed by atoms with E-state index in [1.54, 1.807) is 7.11 Å². The highest BCUT2D eigenvalue weighted by atomic mass is 16.5. The molecule has 1 aromatic carbocycles. The van der Waals surface area contributed by atoms with E-state index in [1.165, 1.54) is 0 Å². The zero-order chi connectivity index (χ0) is 12.0. The van der Waals surface area contributed by atoms with Crippen LogP contribution in [-0.2, 0) is 11.2 Å². The molecule has 0 bridgehead atoms. The Morgan fingerprint density at radius 1 is 1.44 bits per heavy atom. The topological polar surface area (TPSA) is 72.5 Å². The van der Waals surface area contributed by atoms with Crippen LogP contribution >= 0.6 is 0 Å². The van der Waals surface area contributed by atoms with Crippen LogP contribution in [0.2, 0.25) is 0 Å². The molecule has 0 aliphatic carbocycles. The Hall–Kier alpha value is -1.71. The molecule has 0 fully saturated rings. The van der Waals surface area contributed by atoms with Gasteiger partial charge < -0.3 is 15.6 Å². The van der Waals surface area contributed by atoms with Crippen LogP contribution in [0.15, 0.2) is 18.2 Å². The van der Waals surface area contributed by atoms with Gasteiger partial charge in [-0.25, -0.2) is 0 Å². The van der Waals surface area contributed by atoms with Crippen molar-refractivity contribution < 1.29 is 14.6 Å². The average molecular weight is 223 g/mol. The molecular formula is C12H17NO3. The number of nitrogens with two attached hydrogens (primary N) is 1. The van der Waals surface area contributed by atoms with Crippen LogP contribution in [0.4, 0.5) is 5.69 Å². The lowest BCUT2D eigenvalue weighted by molar-refractivity contribution is -0.137. The predicted octanol–water partition coefficient (Wildman–Crippen LogP) is 2.07. The lowest BCUT2D eigenvalue weighted by Crippen LogP contribution is -1.99. The van der Waals surface area contributed by atoms with Crippen LogP contribution in [-0.4, -0.2) is 18.2 Å². The fourth-order valence-electron chi connectivity index (χ4n) is 1.58. The summed E-state index contributed by atoms with van der Waals surface area (Å²) in [5.74, 6) is -0.0747. The summed E-state index contributed by atoms with van der Waals surface area (Å²) >= 11 is 0. The molecule has 4 nitrogen and oxygen atoms in total. The van der Waals surface area contributed by atoms with Gasteiger partial charge in [0.2, 0.25) is 0 Å². The number of carbonyl (C=O) groups is 1. The molecule has 0 saturated heterocycles. The number of para-hydroxylation sites is 1. The van der Waals surface area contributed by atoms with Crippen molar-refractivity contribution >= 4 is 11.7 Å². The minimum Gasteiger partial charge on any atom is -0.495 e. The summed E-state index contributed by atoms with van der Waals surface area (Å²) in [7, 11) is 1.58. The molecule has 0 saturated carbocycles. The van der Waals surface area contributed by atoms with Gasteiger partial charge in [-0.15, -0.1) is 0 Å². The van der Waals surface area contributed by atoms with Crippen LogP contribution < -0.4 is 10.5 Å². The molecule has 0 atom stereocenters. The SMILES string of the molecule is COc1cccc(CCCCC(=O)O)c1N. The number of hydrogen-bond donors (Lipinski definition) is 2. The smallest absolute Gasteiger partial charge is 0.303 e. The second-order valence-electron chi connectivity index (χ2n) is 3.63. The maximum Gasteiger partial charge on any atom is 0.303 e. The first-order chi connectivity index (χ1) is 7.65. The molecule has 4 heteroatoms. The number of nitrogen functional groups attached to an aromatic ring is 1. The van der Waals surface area contributed by atoms with Crippen molar-refractivity contribution in [1.82, 2.24) is 0 Å². The molecule has 0 heterocycles. The quantitative estimate of drug-likeness (QED) is 0.572. The van der Waals surface area contributed by atoms with Crippen LogP contribution in [0.1, 0.15) is 24.8 Å². The van der Waals surface area contributed by atoms with Crippen LogP contribution in [0.3, 0.4) is 0 Å². The number of hydrogen-bond acceptors (Lipinski definition) is 3. The third-order valence-corrected chi connectivity index (χ3v) is 2.46. The lowest BCUT2D eigenvalue weighted by atomic mass is 10.0. The van der Waals surface area contributed by atoms with Gasteiger partial charge in [-0.3, -0.25) is 4.79 Å². The fraction of sp³-hybridized carbons (Fsp3) is 0.417. The van der Waals surface area contributed by atoms with Crippen molar-refractivity contribution in [3.8, 4) is 5.75 Å². The number of rotatable bonds is 6. The Balaban J connectivity index is 2.50. The summed E-state index contributed by atoms with van der Waals surface area (Å²) in [6, 6.07) is 5.65. The molecule has 1 aromatic rings. The number of anilines is 1. The van der Waals surface area contributed by atoms with Gasteiger partial charge in [0.05, 0.1) is 12.8 Å². The summed E-state index contributed by atoms with van der Waals surface area (Å²) in [6.07, 6.45) is 2.50. The molecule has 3 N–H and O–H groups in total. The number of aryl methyl sites for hydroxylation is 1. The van der Waals surface area contributed by atoms with Crippen molar-refractivity contribution in [1.29, 1.82) is 0 Å². The van der Waals surface area contributed by atoms with Crippen molar-refractivity contribution in [3.63, 3.8) is 0 Å². The van der Waals surface area contributed by atoms with E-state index >= 15 is 0 Å². The maximum absolute atomic E-state index is 10.3. The zero-order valence-electron chi connectivity index (χ0n) is 9.40. The molecule has 0 radical (unpaired) electrons. The van der Waals surface area contributed by atoms with Crippen LogP contribution in [0.25, 0.3) is 0 Å². The summed E-state index contributed by atoms with van der Waals surface area (Å²) in [5, 5.41) is 8.50. The number of carboxylic acids is 1. The molecule has 0 spiro atoms. The van der Waals surface area contributed by atoms with Gasteiger partial charge in [-0.1, -0.05) is 12.1 Å². The van der Waals surface area contributed by atoms with Gasteiger partial charge in [-0.05, 0) is 30.9 Å². The molecule has 0 aromatic heterocycles. The molecule has 0 unspecified atom stereocenters. The molecule has 0 aliphatic heterocycles. The van der Waals surface area contributed by atoms with Gasteiger partial charge in [0.1, 0.15) is 5.75 Å². The highest BCUT2D eigenvalue weighted by Gasteiger charge is 2.05. The average Bonchev–Trinajstić information content (AvgIpc) is 2.26. The Morgan fingerprint density at radius 2 is 2.19 bits per heavy atom. The second-order valence-corrected chi connectivity index (χ2v) is 3.63. The highest BCUT2D eigenvalue weighted by molar-refractivity contribution is 5.66. The zero-order valence-corrected chi connectivity index (χ0v) is 9.40. The number of aliphatic carboxylic acids is 1. The number of benzene rings is 1. The van der Waals surface area contributed by atoms with Crippen molar-refractivity contribution in [2.24, 2.45) is 0 Å². The van der Waals surface area contributed by atoms with E-state index in [0.717, 1.165) is 18.4 Å².